The number of ketones is 1. The van der Waals surface area contributed by atoms with Gasteiger partial charge in [-0.15, -0.1) is 0 Å². The summed E-state index contributed by atoms with van der Waals surface area (Å²) >= 11 is 0. The number of fused-ring (bicyclic) bond motifs is 1. The Morgan fingerprint density at radius 1 is 0.667 bits per heavy atom. The molecule has 2 aliphatic heterocycles. The van der Waals surface area contributed by atoms with Crippen molar-refractivity contribution < 1.29 is 24.0 Å². The van der Waals surface area contributed by atoms with Crippen LogP contribution in [0.4, 0.5) is 5.69 Å². The number of carbonyl (C=O) groups is 5. The molecule has 1 fully saturated rings. The van der Waals surface area contributed by atoms with Crippen LogP contribution in [0.3, 0.4) is 0 Å². The van der Waals surface area contributed by atoms with Crippen molar-refractivity contribution in [3.05, 3.63) is 102 Å². The minimum absolute atomic E-state index is 0.175. The number of benzene rings is 3. The van der Waals surface area contributed by atoms with Gasteiger partial charge in [0.2, 0.25) is 5.91 Å². The van der Waals surface area contributed by atoms with E-state index in [1.54, 1.807) is 72.8 Å². The Labute approximate surface area is 189 Å². The van der Waals surface area contributed by atoms with Gasteiger partial charge in [0.05, 0.1) is 22.7 Å². The van der Waals surface area contributed by atoms with Crippen LogP contribution in [-0.4, -0.2) is 40.4 Å². The first kappa shape index (κ1) is 20.5. The van der Waals surface area contributed by atoms with Crippen LogP contribution in [0.5, 0.6) is 0 Å². The standard InChI is InChI=1S/C26H18N2O5/c29-21(16-9-3-1-4-10-16)15-20-22(26(33)27(25(20)32)17-11-5-2-6-12-17)28-23(30)18-13-7-8-14-19(18)24(28)31/h1-14,20,22H,15H2/t20-,22+/m1/s1. The zero-order chi connectivity index (χ0) is 23.1. The highest BCUT2D eigenvalue weighted by Crippen LogP contribution is 2.36. The zero-order valence-corrected chi connectivity index (χ0v) is 17.4. The largest absolute Gasteiger partial charge is 0.294 e. The maximum atomic E-state index is 13.5. The van der Waals surface area contributed by atoms with Gasteiger partial charge in [-0.05, 0) is 24.3 Å². The van der Waals surface area contributed by atoms with Crippen molar-refractivity contribution in [2.45, 2.75) is 12.5 Å². The van der Waals surface area contributed by atoms with E-state index in [9.17, 15) is 24.0 Å². The molecule has 162 valence electrons. The van der Waals surface area contributed by atoms with E-state index in [1.165, 1.54) is 12.1 Å². The van der Waals surface area contributed by atoms with Crippen molar-refractivity contribution in [3.63, 3.8) is 0 Å². The topological polar surface area (TPSA) is 91.8 Å². The second-order valence-electron chi connectivity index (χ2n) is 7.92. The van der Waals surface area contributed by atoms with Gasteiger partial charge in [0.1, 0.15) is 6.04 Å². The third kappa shape index (κ3) is 3.25. The number of Topliss-reactive ketones (excluding diaryl/α,β-unsaturated/α-hetero) is 1. The Bertz CT molecular complexity index is 1270. The van der Waals surface area contributed by atoms with Gasteiger partial charge in [0.15, 0.2) is 5.78 Å². The number of nitrogens with zero attached hydrogens (tertiary/aromatic N) is 2. The molecule has 0 aliphatic carbocycles. The number of carbonyl (C=O) groups excluding carboxylic acids is 5. The van der Waals surface area contributed by atoms with Gasteiger partial charge < -0.3 is 0 Å². The normalized spacial score (nSPS) is 19.9. The molecule has 2 heterocycles. The predicted molar refractivity (Wildman–Crippen MR) is 119 cm³/mol. The average Bonchev–Trinajstić information content (AvgIpc) is 3.24. The van der Waals surface area contributed by atoms with Crippen LogP contribution in [0.15, 0.2) is 84.9 Å². The first-order valence-electron chi connectivity index (χ1n) is 10.5. The van der Waals surface area contributed by atoms with Crippen LogP contribution in [0.25, 0.3) is 0 Å². The van der Waals surface area contributed by atoms with Gasteiger partial charge in [0, 0.05) is 12.0 Å². The van der Waals surface area contributed by atoms with Crippen LogP contribution < -0.4 is 4.90 Å². The lowest BCUT2D eigenvalue weighted by molar-refractivity contribution is -0.122. The van der Waals surface area contributed by atoms with Crippen LogP contribution in [-0.2, 0) is 9.59 Å². The molecule has 0 aromatic heterocycles. The number of anilines is 1. The Balaban J connectivity index is 1.57. The summed E-state index contributed by atoms with van der Waals surface area (Å²) in [5.74, 6) is -4.14. The first-order valence-corrected chi connectivity index (χ1v) is 10.5. The van der Waals surface area contributed by atoms with Crippen LogP contribution in [0, 0.1) is 5.92 Å². The average molecular weight is 438 g/mol. The van der Waals surface area contributed by atoms with E-state index < -0.39 is 35.6 Å². The molecule has 0 N–H and O–H groups in total. The van der Waals surface area contributed by atoms with Gasteiger partial charge in [-0.25, -0.2) is 4.90 Å². The Hall–Kier alpha value is -4.39. The number of para-hydroxylation sites is 1. The second-order valence-corrected chi connectivity index (χ2v) is 7.92. The van der Waals surface area contributed by atoms with Crippen molar-refractivity contribution in [1.29, 1.82) is 0 Å². The van der Waals surface area contributed by atoms with E-state index in [4.69, 9.17) is 0 Å². The quantitative estimate of drug-likeness (QED) is 0.451. The smallest absolute Gasteiger partial charge is 0.262 e. The van der Waals surface area contributed by atoms with E-state index >= 15 is 0 Å². The number of imide groups is 2. The van der Waals surface area contributed by atoms with Crippen molar-refractivity contribution in [2.75, 3.05) is 4.90 Å². The summed E-state index contributed by atoms with van der Waals surface area (Å²) in [5, 5.41) is 0. The molecule has 7 nitrogen and oxygen atoms in total. The summed E-state index contributed by atoms with van der Waals surface area (Å²) in [6.45, 7) is 0. The predicted octanol–water partition coefficient (Wildman–Crippen LogP) is 3.11. The lowest BCUT2D eigenvalue weighted by Gasteiger charge is -2.24. The second kappa shape index (κ2) is 7.94. The highest BCUT2D eigenvalue weighted by molar-refractivity contribution is 6.29. The summed E-state index contributed by atoms with van der Waals surface area (Å²) in [6.07, 6.45) is -0.310. The van der Waals surface area contributed by atoms with Crippen LogP contribution in [0.1, 0.15) is 37.5 Å². The molecule has 5 rings (SSSR count). The Morgan fingerprint density at radius 2 is 1.18 bits per heavy atom. The third-order valence-electron chi connectivity index (χ3n) is 6.01. The van der Waals surface area contributed by atoms with Crippen molar-refractivity contribution >= 4 is 35.1 Å². The van der Waals surface area contributed by atoms with E-state index in [1.807, 2.05) is 0 Å². The molecule has 2 atom stereocenters. The molecule has 4 amide bonds. The highest BCUT2D eigenvalue weighted by atomic mass is 16.2. The molecule has 0 unspecified atom stereocenters. The molecule has 0 spiro atoms. The van der Waals surface area contributed by atoms with Gasteiger partial charge in [-0.3, -0.25) is 28.9 Å². The van der Waals surface area contributed by atoms with E-state index in [0.717, 1.165) is 9.80 Å². The zero-order valence-electron chi connectivity index (χ0n) is 17.4. The van der Waals surface area contributed by atoms with Gasteiger partial charge in [-0.1, -0.05) is 60.7 Å². The fraction of sp³-hybridized carbons (Fsp3) is 0.115. The molecule has 7 heteroatoms. The molecule has 0 saturated carbocycles. The summed E-state index contributed by atoms with van der Waals surface area (Å²) < 4.78 is 0. The fourth-order valence-corrected chi connectivity index (χ4v) is 4.44. The first-order chi connectivity index (χ1) is 16.0. The molecule has 2 aliphatic rings. The van der Waals surface area contributed by atoms with E-state index in [0.29, 0.717) is 11.3 Å². The molecule has 0 radical (unpaired) electrons. The maximum Gasteiger partial charge on any atom is 0.262 e. The third-order valence-corrected chi connectivity index (χ3v) is 6.01. The molecule has 33 heavy (non-hydrogen) atoms. The number of hydrogen-bond acceptors (Lipinski definition) is 5. The number of hydrogen-bond donors (Lipinski definition) is 0. The van der Waals surface area contributed by atoms with Crippen molar-refractivity contribution in [2.24, 2.45) is 5.92 Å². The van der Waals surface area contributed by atoms with Gasteiger partial charge in [-0.2, -0.15) is 0 Å². The summed E-state index contributed by atoms with van der Waals surface area (Å²) in [5.41, 5.74) is 1.06. The molecule has 1 saturated heterocycles. The minimum atomic E-state index is -1.40. The lowest BCUT2D eigenvalue weighted by Crippen LogP contribution is -2.48. The van der Waals surface area contributed by atoms with E-state index in [2.05, 4.69) is 0 Å². The minimum Gasteiger partial charge on any atom is -0.294 e. The summed E-state index contributed by atoms with van der Waals surface area (Å²) in [6, 6.07) is 21.6. The molecular formula is C26H18N2O5. The lowest BCUT2D eigenvalue weighted by atomic mass is 9.92. The molecule has 3 aromatic carbocycles. The fourth-order valence-electron chi connectivity index (χ4n) is 4.44. The van der Waals surface area contributed by atoms with Crippen molar-refractivity contribution in [1.82, 2.24) is 4.90 Å². The number of amides is 4. The van der Waals surface area contributed by atoms with Gasteiger partial charge in [0.25, 0.3) is 17.7 Å². The Morgan fingerprint density at radius 3 is 1.76 bits per heavy atom. The molecule has 0 bridgehead atoms. The Kier molecular flexibility index (Phi) is 4.94. The maximum absolute atomic E-state index is 13.5. The van der Waals surface area contributed by atoms with Crippen molar-refractivity contribution in [3.8, 4) is 0 Å². The molecular weight excluding hydrogens is 420 g/mol. The SMILES string of the molecule is O=C(C[C@H]1C(=O)N(c2ccccc2)C(=O)[C@H]1N1C(=O)c2ccccc2C1=O)c1ccccc1. The van der Waals surface area contributed by atoms with Crippen LogP contribution in [0.2, 0.25) is 0 Å². The highest BCUT2D eigenvalue weighted by Gasteiger charge is 2.56. The monoisotopic (exact) mass is 438 g/mol. The number of rotatable bonds is 5. The molecule has 3 aromatic rings. The van der Waals surface area contributed by atoms with Crippen LogP contribution >= 0.6 is 0 Å². The summed E-state index contributed by atoms with van der Waals surface area (Å²) in [7, 11) is 0. The van der Waals surface area contributed by atoms with E-state index in [-0.39, 0.29) is 23.3 Å². The van der Waals surface area contributed by atoms with Gasteiger partial charge >= 0.3 is 0 Å². The summed E-state index contributed by atoms with van der Waals surface area (Å²) in [4.78, 5) is 68.0.